The van der Waals surface area contributed by atoms with Gasteiger partial charge in [-0.1, -0.05) is 43.5 Å². The van der Waals surface area contributed by atoms with E-state index in [1.54, 1.807) is 0 Å². The third-order valence-electron chi connectivity index (χ3n) is 4.06. The molecule has 100 valence electrons. The Hall–Kier alpha value is -0.870. The van der Waals surface area contributed by atoms with Crippen molar-refractivity contribution in [2.45, 2.75) is 43.4 Å². The molecular formula is C14H21NO2S. The SMILES string of the molecule is CS(=O)(=O)C1(c2cccc(CN)c2)CCCCC1. The van der Waals surface area contributed by atoms with Crippen molar-refractivity contribution < 1.29 is 8.42 Å². The maximum Gasteiger partial charge on any atom is 0.157 e. The average molecular weight is 267 g/mol. The number of benzene rings is 1. The summed E-state index contributed by atoms with van der Waals surface area (Å²) >= 11 is 0. The summed E-state index contributed by atoms with van der Waals surface area (Å²) < 4.78 is 23.9. The second kappa shape index (κ2) is 5.02. The summed E-state index contributed by atoms with van der Waals surface area (Å²) in [6.07, 6.45) is 5.95. The van der Waals surface area contributed by atoms with Crippen LogP contribution in [-0.2, 0) is 21.1 Å². The molecule has 0 aromatic heterocycles. The van der Waals surface area contributed by atoms with Crippen LogP contribution in [0.1, 0.15) is 43.2 Å². The second-order valence-electron chi connectivity index (χ2n) is 5.23. The van der Waals surface area contributed by atoms with Crippen molar-refractivity contribution >= 4 is 9.84 Å². The molecule has 0 radical (unpaired) electrons. The largest absolute Gasteiger partial charge is 0.326 e. The Morgan fingerprint density at radius 2 is 1.89 bits per heavy atom. The Morgan fingerprint density at radius 1 is 1.22 bits per heavy atom. The summed E-state index contributed by atoms with van der Waals surface area (Å²) in [6.45, 7) is 0.452. The van der Waals surface area contributed by atoms with Crippen molar-refractivity contribution in [3.63, 3.8) is 0 Å². The minimum atomic E-state index is -3.11. The zero-order valence-corrected chi connectivity index (χ0v) is 11.7. The molecule has 1 aromatic rings. The first-order chi connectivity index (χ1) is 8.49. The maximum atomic E-state index is 12.3. The molecule has 1 fully saturated rings. The fourth-order valence-electron chi connectivity index (χ4n) is 2.98. The van der Waals surface area contributed by atoms with Crippen molar-refractivity contribution in [3.05, 3.63) is 35.4 Å². The lowest BCUT2D eigenvalue weighted by Gasteiger charge is -2.36. The first-order valence-corrected chi connectivity index (χ1v) is 8.38. The fraction of sp³-hybridized carbons (Fsp3) is 0.571. The van der Waals surface area contributed by atoms with E-state index in [0.29, 0.717) is 6.54 Å². The predicted molar refractivity (Wildman–Crippen MR) is 73.9 cm³/mol. The van der Waals surface area contributed by atoms with Gasteiger partial charge in [-0.15, -0.1) is 0 Å². The molecule has 18 heavy (non-hydrogen) atoms. The van der Waals surface area contributed by atoms with E-state index in [-0.39, 0.29) is 0 Å². The van der Waals surface area contributed by atoms with Crippen LogP contribution in [0.4, 0.5) is 0 Å². The van der Waals surface area contributed by atoms with Gasteiger partial charge >= 0.3 is 0 Å². The molecule has 0 amide bonds. The number of hydrogen-bond acceptors (Lipinski definition) is 3. The van der Waals surface area contributed by atoms with Gasteiger partial charge in [0.1, 0.15) is 0 Å². The van der Waals surface area contributed by atoms with Crippen LogP contribution in [0.2, 0.25) is 0 Å². The Kier molecular flexibility index (Phi) is 3.78. The lowest BCUT2D eigenvalue weighted by molar-refractivity contribution is 0.382. The molecule has 3 nitrogen and oxygen atoms in total. The Balaban J connectivity index is 2.52. The van der Waals surface area contributed by atoms with Gasteiger partial charge in [-0.05, 0) is 24.0 Å². The number of sulfone groups is 1. The summed E-state index contributed by atoms with van der Waals surface area (Å²) in [5.74, 6) is 0. The number of nitrogens with two attached hydrogens (primary N) is 1. The lowest BCUT2D eigenvalue weighted by Crippen LogP contribution is -2.37. The van der Waals surface area contributed by atoms with Crippen LogP contribution in [0.5, 0.6) is 0 Å². The van der Waals surface area contributed by atoms with Gasteiger partial charge < -0.3 is 5.73 Å². The van der Waals surface area contributed by atoms with Crippen LogP contribution in [0.25, 0.3) is 0 Å². The molecule has 0 unspecified atom stereocenters. The Labute approximate surface area is 109 Å². The Morgan fingerprint density at radius 3 is 2.44 bits per heavy atom. The molecule has 0 saturated heterocycles. The smallest absolute Gasteiger partial charge is 0.157 e. The highest BCUT2D eigenvalue weighted by Crippen LogP contribution is 2.43. The van der Waals surface area contributed by atoms with Crippen molar-refractivity contribution in [2.24, 2.45) is 5.73 Å². The molecule has 0 bridgehead atoms. The van der Waals surface area contributed by atoms with E-state index in [1.165, 1.54) is 6.26 Å². The van der Waals surface area contributed by atoms with Gasteiger partial charge in [-0.25, -0.2) is 8.42 Å². The summed E-state index contributed by atoms with van der Waals surface area (Å²) in [6, 6.07) is 7.76. The molecular weight excluding hydrogens is 246 g/mol. The van der Waals surface area contributed by atoms with Crippen LogP contribution in [0, 0.1) is 0 Å². The summed E-state index contributed by atoms with van der Waals surface area (Å²) in [4.78, 5) is 0. The van der Waals surface area contributed by atoms with Crippen molar-refractivity contribution in [1.29, 1.82) is 0 Å². The standard InChI is InChI=1S/C14H21NO2S/c1-18(16,17)14(8-3-2-4-9-14)13-7-5-6-12(10-13)11-15/h5-7,10H,2-4,8-9,11,15H2,1H3. The fourth-order valence-corrected chi connectivity index (χ4v) is 4.56. The molecule has 4 heteroatoms. The molecule has 1 saturated carbocycles. The van der Waals surface area contributed by atoms with Crippen LogP contribution in [-0.4, -0.2) is 14.7 Å². The van der Waals surface area contributed by atoms with Gasteiger partial charge in [0.15, 0.2) is 9.84 Å². The van der Waals surface area contributed by atoms with Gasteiger partial charge in [-0.3, -0.25) is 0 Å². The van der Waals surface area contributed by atoms with E-state index >= 15 is 0 Å². The van der Waals surface area contributed by atoms with E-state index in [4.69, 9.17) is 5.73 Å². The normalized spacial score (nSPS) is 19.7. The molecule has 0 heterocycles. The van der Waals surface area contributed by atoms with E-state index in [1.807, 2.05) is 24.3 Å². The molecule has 0 atom stereocenters. The van der Waals surface area contributed by atoms with Gasteiger partial charge in [0.25, 0.3) is 0 Å². The number of hydrogen-bond donors (Lipinski definition) is 1. The highest BCUT2D eigenvalue weighted by molar-refractivity contribution is 7.91. The van der Waals surface area contributed by atoms with E-state index in [0.717, 1.165) is 43.2 Å². The topological polar surface area (TPSA) is 60.2 Å². The lowest BCUT2D eigenvalue weighted by atomic mass is 9.82. The summed E-state index contributed by atoms with van der Waals surface area (Å²) in [5, 5.41) is 0. The molecule has 2 rings (SSSR count). The minimum absolute atomic E-state index is 0.452. The molecule has 0 spiro atoms. The number of rotatable bonds is 3. The van der Waals surface area contributed by atoms with E-state index in [2.05, 4.69) is 0 Å². The summed E-state index contributed by atoms with van der Waals surface area (Å²) in [7, 11) is -3.11. The van der Waals surface area contributed by atoms with Crippen LogP contribution in [0.3, 0.4) is 0 Å². The molecule has 1 aliphatic rings. The van der Waals surface area contributed by atoms with Crippen LogP contribution >= 0.6 is 0 Å². The van der Waals surface area contributed by atoms with Gasteiger partial charge in [0.2, 0.25) is 0 Å². The monoisotopic (exact) mass is 267 g/mol. The molecule has 1 aliphatic carbocycles. The van der Waals surface area contributed by atoms with Crippen molar-refractivity contribution in [1.82, 2.24) is 0 Å². The average Bonchev–Trinajstić information content (AvgIpc) is 2.38. The van der Waals surface area contributed by atoms with Gasteiger partial charge in [0, 0.05) is 12.8 Å². The third kappa shape index (κ3) is 2.31. The molecule has 2 N–H and O–H groups in total. The highest BCUT2D eigenvalue weighted by Gasteiger charge is 2.43. The Bertz CT molecular complexity index is 516. The van der Waals surface area contributed by atoms with Crippen LogP contribution < -0.4 is 5.73 Å². The summed E-state index contributed by atoms with van der Waals surface area (Å²) in [5.41, 5.74) is 7.58. The molecule has 0 aliphatic heterocycles. The maximum absolute atomic E-state index is 12.3. The quantitative estimate of drug-likeness (QED) is 0.914. The van der Waals surface area contributed by atoms with Crippen molar-refractivity contribution in [2.75, 3.05) is 6.26 Å². The zero-order chi connectivity index (χ0) is 13.2. The van der Waals surface area contributed by atoms with Crippen LogP contribution in [0.15, 0.2) is 24.3 Å². The van der Waals surface area contributed by atoms with E-state index < -0.39 is 14.6 Å². The molecule has 1 aromatic carbocycles. The second-order valence-corrected chi connectivity index (χ2v) is 7.56. The minimum Gasteiger partial charge on any atom is -0.326 e. The van der Waals surface area contributed by atoms with Crippen molar-refractivity contribution in [3.8, 4) is 0 Å². The van der Waals surface area contributed by atoms with Gasteiger partial charge in [-0.2, -0.15) is 0 Å². The first-order valence-electron chi connectivity index (χ1n) is 6.49. The van der Waals surface area contributed by atoms with E-state index in [9.17, 15) is 8.42 Å². The highest BCUT2D eigenvalue weighted by atomic mass is 32.2. The van der Waals surface area contributed by atoms with Gasteiger partial charge in [0.05, 0.1) is 4.75 Å². The first kappa shape index (κ1) is 13.6. The third-order valence-corrected chi connectivity index (χ3v) is 6.12. The predicted octanol–water partition coefficient (Wildman–Crippen LogP) is 2.35. The zero-order valence-electron chi connectivity index (χ0n) is 10.9.